The highest BCUT2D eigenvalue weighted by Crippen LogP contribution is 2.24. The summed E-state index contributed by atoms with van der Waals surface area (Å²) in [6.07, 6.45) is 2.43. The minimum atomic E-state index is -3.43. The van der Waals surface area contributed by atoms with Crippen molar-refractivity contribution >= 4 is 21.6 Å². The van der Waals surface area contributed by atoms with Crippen LogP contribution >= 0.6 is 0 Å². The van der Waals surface area contributed by atoms with Gasteiger partial charge in [0.1, 0.15) is 0 Å². The van der Waals surface area contributed by atoms with Gasteiger partial charge in [0.05, 0.1) is 0 Å². The van der Waals surface area contributed by atoms with E-state index in [1.165, 1.54) is 26.9 Å². The molecule has 1 fully saturated rings. The van der Waals surface area contributed by atoms with Gasteiger partial charge in [-0.25, -0.2) is 0 Å². The van der Waals surface area contributed by atoms with Crippen LogP contribution in [0.2, 0.25) is 0 Å². The van der Waals surface area contributed by atoms with Crippen LogP contribution in [0.5, 0.6) is 0 Å². The Kier molecular flexibility index (Phi) is 4.55. The molecule has 0 atom stereocenters. The molecule has 5 nitrogen and oxygen atoms in total. The fourth-order valence-corrected chi connectivity index (χ4v) is 2.86. The third kappa shape index (κ3) is 3.64. The van der Waals surface area contributed by atoms with E-state index in [1.807, 2.05) is 24.3 Å². The van der Waals surface area contributed by atoms with E-state index in [9.17, 15) is 8.42 Å². The highest BCUT2D eigenvalue weighted by atomic mass is 32.2. The Hall–Kier alpha value is -1.27. The van der Waals surface area contributed by atoms with E-state index in [0.29, 0.717) is 5.69 Å². The van der Waals surface area contributed by atoms with Crippen molar-refractivity contribution in [2.75, 3.05) is 36.8 Å². The van der Waals surface area contributed by atoms with E-state index in [4.69, 9.17) is 0 Å². The standard InChI is InChI=1S/C14H23N3O2S/c1-12-8-10-17(11-9-12)14-6-4-13(5-7-14)15-20(18,19)16(2)3/h4-7,12,15H,8-11H2,1-3H3. The molecule has 0 aromatic heterocycles. The molecule has 0 bridgehead atoms. The van der Waals surface area contributed by atoms with Gasteiger partial charge in [-0.05, 0) is 43.0 Å². The summed E-state index contributed by atoms with van der Waals surface area (Å²) < 4.78 is 27.1. The zero-order valence-electron chi connectivity index (χ0n) is 12.3. The fourth-order valence-electron chi connectivity index (χ4n) is 2.25. The molecule has 0 spiro atoms. The molecule has 1 heterocycles. The molecule has 20 heavy (non-hydrogen) atoms. The topological polar surface area (TPSA) is 52.7 Å². The summed E-state index contributed by atoms with van der Waals surface area (Å²) in [5.41, 5.74) is 1.75. The summed E-state index contributed by atoms with van der Waals surface area (Å²) in [6.45, 7) is 4.43. The lowest BCUT2D eigenvalue weighted by molar-refractivity contribution is 0.438. The Morgan fingerprint density at radius 1 is 1.15 bits per heavy atom. The van der Waals surface area contributed by atoms with Crippen LogP contribution in [-0.4, -0.2) is 39.9 Å². The molecule has 1 aliphatic heterocycles. The van der Waals surface area contributed by atoms with Gasteiger partial charge in [0, 0.05) is 38.6 Å². The summed E-state index contributed by atoms with van der Waals surface area (Å²) in [7, 11) is -0.415. The molecular weight excluding hydrogens is 274 g/mol. The van der Waals surface area contributed by atoms with Crippen LogP contribution in [0.3, 0.4) is 0 Å². The maximum Gasteiger partial charge on any atom is 0.301 e. The molecule has 0 saturated carbocycles. The predicted octanol–water partition coefficient (Wildman–Crippen LogP) is 2.14. The average molecular weight is 297 g/mol. The van der Waals surface area contributed by atoms with Gasteiger partial charge in [-0.2, -0.15) is 12.7 Å². The number of benzene rings is 1. The van der Waals surface area contributed by atoms with Gasteiger partial charge >= 0.3 is 10.2 Å². The van der Waals surface area contributed by atoms with Crippen molar-refractivity contribution in [1.82, 2.24) is 4.31 Å². The van der Waals surface area contributed by atoms with Gasteiger partial charge in [-0.15, -0.1) is 0 Å². The van der Waals surface area contributed by atoms with Gasteiger partial charge in [0.2, 0.25) is 0 Å². The van der Waals surface area contributed by atoms with E-state index in [2.05, 4.69) is 16.5 Å². The Morgan fingerprint density at radius 3 is 2.20 bits per heavy atom. The number of nitrogens with zero attached hydrogens (tertiary/aromatic N) is 2. The second kappa shape index (κ2) is 6.01. The highest BCUT2D eigenvalue weighted by Gasteiger charge is 2.16. The van der Waals surface area contributed by atoms with Crippen molar-refractivity contribution in [3.8, 4) is 0 Å². The quantitative estimate of drug-likeness (QED) is 0.926. The molecule has 1 aromatic carbocycles. The smallest absolute Gasteiger partial charge is 0.301 e. The van der Waals surface area contributed by atoms with E-state index >= 15 is 0 Å². The lowest BCUT2D eigenvalue weighted by Gasteiger charge is -2.32. The first-order valence-corrected chi connectivity index (χ1v) is 8.38. The molecule has 6 heteroatoms. The van der Waals surface area contributed by atoms with Crippen LogP contribution in [0.15, 0.2) is 24.3 Å². The van der Waals surface area contributed by atoms with Gasteiger partial charge < -0.3 is 4.90 Å². The van der Waals surface area contributed by atoms with Crippen LogP contribution < -0.4 is 9.62 Å². The Balaban J connectivity index is 2.03. The summed E-state index contributed by atoms with van der Waals surface area (Å²) in [5.74, 6) is 0.803. The third-order valence-corrected chi connectivity index (χ3v) is 5.20. The minimum absolute atomic E-state index is 0.591. The molecule has 1 aliphatic rings. The molecule has 112 valence electrons. The first kappa shape index (κ1) is 15.1. The van der Waals surface area contributed by atoms with Crippen molar-refractivity contribution < 1.29 is 8.42 Å². The predicted molar refractivity (Wildman–Crippen MR) is 83.3 cm³/mol. The van der Waals surface area contributed by atoms with Crippen molar-refractivity contribution in [2.45, 2.75) is 19.8 Å². The van der Waals surface area contributed by atoms with Crippen LogP contribution in [0.1, 0.15) is 19.8 Å². The SMILES string of the molecule is CC1CCN(c2ccc(NS(=O)(=O)N(C)C)cc2)CC1. The monoisotopic (exact) mass is 297 g/mol. The van der Waals surface area contributed by atoms with Gasteiger partial charge in [-0.1, -0.05) is 6.92 Å². The van der Waals surface area contributed by atoms with E-state index in [-0.39, 0.29) is 0 Å². The summed E-state index contributed by atoms with van der Waals surface area (Å²) >= 11 is 0. The third-order valence-electron chi connectivity index (χ3n) is 3.74. The van der Waals surface area contributed by atoms with E-state index in [0.717, 1.165) is 29.0 Å². The number of hydrogen-bond donors (Lipinski definition) is 1. The summed E-state index contributed by atoms with van der Waals surface area (Å²) in [6, 6.07) is 7.58. The molecular formula is C14H23N3O2S. The van der Waals surface area contributed by atoms with Gasteiger partial charge in [0.15, 0.2) is 0 Å². The lowest BCUT2D eigenvalue weighted by atomic mass is 9.99. The zero-order chi connectivity index (χ0) is 14.8. The van der Waals surface area contributed by atoms with Gasteiger partial charge in [0.25, 0.3) is 0 Å². The number of hydrogen-bond acceptors (Lipinski definition) is 3. The average Bonchev–Trinajstić information content (AvgIpc) is 2.40. The molecule has 1 aromatic rings. The van der Waals surface area contributed by atoms with E-state index in [1.54, 1.807) is 0 Å². The molecule has 1 N–H and O–H groups in total. The second-order valence-electron chi connectivity index (χ2n) is 5.61. The van der Waals surface area contributed by atoms with Crippen LogP contribution in [0, 0.1) is 5.92 Å². The highest BCUT2D eigenvalue weighted by molar-refractivity contribution is 7.90. The van der Waals surface area contributed by atoms with Crippen molar-refractivity contribution in [3.63, 3.8) is 0 Å². The first-order chi connectivity index (χ1) is 9.38. The fraction of sp³-hybridized carbons (Fsp3) is 0.571. The normalized spacial score (nSPS) is 17.5. The largest absolute Gasteiger partial charge is 0.372 e. The molecule has 0 aliphatic carbocycles. The maximum atomic E-state index is 11.7. The number of piperidine rings is 1. The lowest BCUT2D eigenvalue weighted by Crippen LogP contribution is -2.32. The summed E-state index contributed by atoms with van der Waals surface area (Å²) in [4.78, 5) is 2.35. The number of anilines is 2. The molecule has 0 radical (unpaired) electrons. The zero-order valence-corrected chi connectivity index (χ0v) is 13.2. The number of nitrogens with one attached hydrogen (secondary N) is 1. The van der Waals surface area contributed by atoms with Crippen LogP contribution in [0.4, 0.5) is 11.4 Å². The first-order valence-electron chi connectivity index (χ1n) is 6.94. The molecule has 1 saturated heterocycles. The Morgan fingerprint density at radius 2 is 1.70 bits per heavy atom. The van der Waals surface area contributed by atoms with E-state index < -0.39 is 10.2 Å². The molecule has 2 rings (SSSR count). The van der Waals surface area contributed by atoms with Crippen molar-refractivity contribution in [2.24, 2.45) is 5.92 Å². The second-order valence-corrected chi connectivity index (χ2v) is 7.49. The number of rotatable bonds is 4. The van der Waals surface area contributed by atoms with Crippen LogP contribution in [-0.2, 0) is 10.2 Å². The Bertz CT molecular complexity index is 532. The van der Waals surface area contributed by atoms with Crippen LogP contribution in [0.25, 0.3) is 0 Å². The van der Waals surface area contributed by atoms with Crippen molar-refractivity contribution in [3.05, 3.63) is 24.3 Å². The summed E-state index contributed by atoms with van der Waals surface area (Å²) in [5, 5.41) is 0. The molecule has 0 unspecified atom stereocenters. The Labute approximate surface area is 121 Å². The minimum Gasteiger partial charge on any atom is -0.372 e. The van der Waals surface area contributed by atoms with Crippen molar-refractivity contribution in [1.29, 1.82) is 0 Å². The molecule has 0 amide bonds. The maximum absolute atomic E-state index is 11.7. The van der Waals surface area contributed by atoms with Gasteiger partial charge in [-0.3, -0.25) is 4.72 Å².